The van der Waals surface area contributed by atoms with Crippen LogP contribution in [0.5, 0.6) is 0 Å². The van der Waals surface area contributed by atoms with E-state index in [1.807, 2.05) is 19.1 Å². The first-order valence-corrected chi connectivity index (χ1v) is 7.38. The van der Waals surface area contributed by atoms with Crippen LogP contribution in [0.2, 0.25) is 0 Å². The predicted molar refractivity (Wildman–Crippen MR) is 84.6 cm³/mol. The molecular weight excluding hydrogens is 266 g/mol. The monoisotopic (exact) mass is 285 g/mol. The van der Waals surface area contributed by atoms with Gasteiger partial charge in [-0.2, -0.15) is 0 Å². The molecule has 0 aliphatic rings. The molecule has 2 rings (SSSR count). The Balaban J connectivity index is 2.23. The Morgan fingerprint density at radius 2 is 1.85 bits per heavy atom. The zero-order valence-electron chi connectivity index (χ0n) is 12.0. The number of nitrogens with two attached hydrogens (primary N) is 1. The lowest BCUT2D eigenvalue weighted by Gasteiger charge is -2.08. The molecule has 0 atom stereocenters. The van der Waals surface area contributed by atoms with Gasteiger partial charge in [0, 0.05) is 16.2 Å². The Morgan fingerprint density at radius 1 is 1.20 bits per heavy atom. The van der Waals surface area contributed by atoms with Gasteiger partial charge in [0.15, 0.2) is 0 Å². The van der Waals surface area contributed by atoms with Crippen molar-refractivity contribution in [2.45, 2.75) is 36.6 Å². The van der Waals surface area contributed by atoms with Crippen LogP contribution in [0.3, 0.4) is 0 Å². The summed E-state index contributed by atoms with van der Waals surface area (Å²) in [5.41, 5.74) is 8.47. The van der Waals surface area contributed by atoms with Crippen LogP contribution in [0.25, 0.3) is 0 Å². The number of nitrogen functional groups attached to an aromatic ring is 1. The highest BCUT2D eigenvalue weighted by Crippen LogP contribution is 2.28. The zero-order valence-corrected chi connectivity index (χ0v) is 12.8. The molecule has 1 heterocycles. The van der Waals surface area contributed by atoms with Crippen molar-refractivity contribution in [3.05, 3.63) is 53.2 Å². The lowest BCUT2D eigenvalue weighted by Crippen LogP contribution is -2.11. The highest BCUT2D eigenvalue weighted by Gasteiger charge is 2.05. The maximum atomic E-state index is 7.52. The quantitative estimate of drug-likeness (QED) is 0.660. The van der Waals surface area contributed by atoms with Gasteiger partial charge >= 0.3 is 0 Å². The first-order chi connectivity index (χ1) is 9.45. The van der Waals surface area contributed by atoms with Crippen LogP contribution in [-0.4, -0.2) is 10.8 Å². The van der Waals surface area contributed by atoms with E-state index in [9.17, 15) is 0 Å². The Labute approximate surface area is 124 Å². The fraction of sp³-hybridized carbons (Fsp3) is 0.250. The number of nitrogens with zero attached hydrogens (tertiary/aromatic N) is 1. The van der Waals surface area contributed by atoms with E-state index in [1.165, 1.54) is 5.56 Å². The number of nitrogens with one attached hydrogen (secondary N) is 1. The Hall–Kier alpha value is -1.81. The van der Waals surface area contributed by atoms with Gasteiger partial charge in [-0.3, -0.25) is 5.41 Å². The highest BCUT2D eigenvalue weighted by atomic mass is 32.2. The van der Waals surface area contributed by atoms with Crippen molar-refractivity contribution in [1.82, 2.24) is 4.98 Å². The van der Waals surface area contributed by atoms with E-state index in [0.29, 0.717) is 5.92 Å². The van der Waals surface area contributed by atoms with E-state index >= 15 is 0 Å². The van der Waals surface area contributed by atoms with Gasteiger partial charge in [0.2, 0.25) is 0 Å². The van der Waals surface area contributed by atoms with Crippen molar-refractivity contribution in [3.63, 3.8) is 0 Å². The summed E-state index contributed by atoms with van der Waals surface area (Å²) >= 11 is 1.59. The number of rotatable bonds is 4. The summed E-state index contributed by atoms with van der Waals surface area (Å²) < 4.78 is 0. The number of hydrogen-bond acceptors (Lipinski definition) is 3. The van der Waals surface area contributed by atoms with Crippen molar-refractivity contribution in [3.8, 4) is 0 Å². The molecule has 0 saturated carbocycles. The van der Waals surface area contributed by atoms with Gasteiger partial charge in [-0.1, -0.05) is 37.7 Å². The van der Waals surface area contributed by atoms with Gasteiger partial charge in [-0.15, -0.1) is 0 Å². The Bertz CT molecular complexity index is 618. The lowest BCUT2D eigenvalue weighted by molar-refractivity contribution is 0.865. The lowest BCUT2D eigenvalue weighted by atomic mass is 10.0. The standard InChI is InChI=1S/C16H19N3S/c1-10(2)12-4-6-14(7-5-12)20-15-9-13(16(17)18)8-11(3)19-15/h4-10H,1-3H3,(H3,17,18). The maximum Gasteiger partial charge on any atom is 0.122 e. The molecule has 4 heteroatoms. The van der Waals surface area contributed by atoms with E-state index in [2.05, 4.69) is 43.1 Å². The van der Waals surface area contributed by atoms with Crippen LogP contribution < -0.4 is 5.73 Å². The minimum Gasteiger partial charge on any atom is -0.384 e. The van der Waals surface area contributed by atoms with Gasteiger partial charge in [-0.05, 0) is 42.7 Å². The summed E-state index contributed by atoms with van der Waals surface area (Å²) in [6.45, 7) is 6.28. The molecule has 3 nitrogen and oxygen atoms in total. The summed E-state index contributed by atoms with van der Waals surface area (Å²) in [5, 5.41) is 8.39. The fourth-order valence-corrected chi connectivity index (χ4v) is 2.78. The Kier molecular flexibility index (Phi) is 4.45. The van der Waals surface area contributed by atoms with Crippen LogP contribution in [0, 0.1) is 12.3 Å². The summed E-state index contributed by atoms with van der Waals surface area (Å²) in [6, 6.07) is 12.2. The van der Waals surface area contributed by atoms with E-state index in [4.69, 9.17) is 11.1 Å². The van der Waals surface area contributed by atoms with Gasteiger partial charge in [0.1, 0.15) is 10.9 Å². The van der Waals surface area contributed by atoms with Crippen LogP contribution in [0.4, 0.5) is 0 Å². The third-order valence-corrected chi connectivity index (χ3v) is 3.94. The molecule has 3 N–H and O–H groups in total. The Morgan fingerprint density at radius 3 is 2.40 bits per heavy atom. The second-order valence-corrected chi connectivity index (χ2v) is 6.17. The molecular formula is C16H19N3S. The van der Waals surface area contributed by atoms with E-state index in [-0.39, 0.29) is 5.84 Å². The minimum absolute atomic E-state index is 0.0764. The van der Waals surface area contributed by atoms with E-state index in [1.54, 1.807) is 11.8 Å². The molecule has 0 unspecified atom stereocenters. The maximum absolute atomic E-state index is 7.52. The number of hydrogen-bond donors (Lipinski definition) is 2. The molecule has 0 radical (unpaired) electrons. The third-order valence-electron chi connectivity index (χ3n) is 3.01. The molecule has 0 fully saturated rings. The van der Waals surface area contributed by atoms with Gasteiger partial charge in [0.25, 0.3) is 0 Å². The number of amidine groups is 1. The molecule has 1 aromatic carbocycles. The molecule has 1 aromatic heterocycles. The van der Waals surface area contributed by atoms with Crippen LogP contribution in [0.1, 0.15) is 36.6 Å². The molecule has 0 spiro atoms. The second-order valence-electron chi connectivity index (χ2n) is 5.07. The van der Waals surface area contributed by atoms with Crippen molar-refractivity contribution in [2.24, 2.45) is 5.73 Å². The van der Waals surface area contributed by atoms with Gasteiger partial charge < -0.3 is 5.73 Å². The molecule has 2 aromatic rings. The van der Waals surface area contributed by atoms with Crippen molar-refractivity contribution < 1.29 is 0 Å². The molecule has 0 aliphatic carbocycles. The fourth-order valence-electron chi connectivity index (χ4n) is 1.89. The molecule has 0 bridgehead atoms. The number of aromatic nitrogens is 1. The number of benzene rings is 1. The average Bonchev–Trinajstić information content (AvgIpc) is 2.38. The van der Waals surface area contributed by atoms with Gasteiger partial charge in [0.05, 0.1) is 0 Å². The molecule has 104 valence electrons. The second kappa shape index (κ2) is 6.09. The largest absolute Gasteiger partial charge is 0.384 e. The molecule has 0 aliphatic heterocycles. The summed E-state index contributed by atoms with van der Waals surface area (Å²) in [7, 11) is 0. The van der Waals surface area contributed by atoms with Crippen LogP contribution in [-0.2, 0) is 0 Å². The highest BCUT2D eigenvalue weighted by molar-refractivity contribution is 7.99. The number of pyridine rings is 1. The number of aryl methyl sites for hydroxylation is 1. The SMILES string of the molecule is Cc1cc(C(=N)N)cc(Sc2ccc(C(C)C)cc2)n1. The van der Waals surface area contributed by atoms with Gasteiger partial charge in [-0.25, -0.2) is 4.98 Å². The minimum atomic E-state index is 0.0764. The molecule has 0 saturated heterocycles. The average molecular weight is 285 g/mol. The first-order valence-electron chi connectivity index (χ1n) is 6.56. The normalized spacial score (nSPS) is 10.8. The summed E-state index contributed by atoms with van der Waals surface area (Å²) in [6.07, 6.45) is 0. The summed E-state index contributed by atoms with van der Waals surface area (Å²) in [4.78, 5) is 5.62. The molecule has 0 amide bonds. The van der Waals surface area contributed by atoms with Crippen molar-refractivity contribution in [1.29, 1.82) is 5.41 Å². The van der Waals surface area contributed by atoms with E-state index in [0.717, 1.165) is 21.2 Å². The molecule has 20 heavy (non-hydrogen) atoms. The smallest absolute Gasteiger partial charge is 0.122 e. The summed E-state index contributed by atoms with van der Waals surface area (Å²) in [5.74, 6) is 0.614. The first kappa shape index (κ1) is 14.6. The van der Waals surface area contributed by atoms with E-state index < -0.39 is 0 Å². The predicted octanol–water partition coefficient (Wildman–Crippen LogP) is 3.95. The van der Waals surface area contributed by atoms with Crippen molar-refractivity contribution in [2.75, 3.05) is 0 Å². The van der Waals surface area contributed by atoms with Crippen LogP contribution in [0.15, 0.2) is 46.3 Å². The van der Waals surface area contributed by atoms with Crippen LogP contribution >= 0.6 is 11.8 Å². The zero-order chi connectivity index (χ0) is 14.7. The van der Waals surface area contributed by atoms with Crippen molar-refractivity contribution >= 4 is 17.6 Å². The third kappa shape index (κ3) is 3.61. The topological polar surface area (TPSA) is 62.8 Å².